The Balaban J connectivity index is -0.000000266. The van der Waals surface area contributed by atoms with Crippen molar-refractivity contribution >= 4 is 5.97 Å². The van der Waals surface area contributed by atoms with Gasteiger partial charge in [0, 0.05) is 0 Å². The molecule has 0 rings (SSSR count). The number of hydrogen-bond donors (Lipinski definition) is 1. The molecule has 0 saturated heterocycles. The van der Waals surface area contributed by atoms with Gasteiger partial charge in [-0.2, -0.15) is 0 Å². The molecule has 0 amide bonds. The van der Waals surface area contributed by atoms with Crippen LogP contribution in [-0.2, 0) is 9.53 Å². The van der Waals surface area contributed by atoms with Crippen LogP contribution in [0.3, 0.4) is 0 Å². The molecule has 0 bridgehead atoms. The molecular weight excluding hydrogens is 178 g/mol. The molecule has 0 aliphatic heterocycles. The van der Waals surface area contributed by atoms with E-state index in [0.717, 1.165) is 0 Å². The molecule has 0 aromatic rings. The van der Waals surface area contributed by atoms with Crippen molar-refractivity contribution in [2.24, 2.45) is 11.7 Å². The standard InChI is InChI=1S/C7H15NO2.2C2H6/c1-5(2)4-10-7(9)6(3)8;2*1-2/h5-6H,4,8H2,1-3H3;2*1-2H3. The SMILES string of the molecule is CC.CC.CC(C)COC(=O)C(C)N. The Labute approximate surface area is 89.0 Å². The van der Waals surface area contributed by atoms with Crippen molar-refractivity contribution in [1.82, 2.24) is 0 Å². The fourth-order valence-electron chi connectivity index (χ4n) is 0.380. The summed E-state index contributed by atoms with van der Waals surface area (Å²) in [6.07, 6.45) is 0. The van der Waals surface area contributed by atoms with Gasteiger partial charge in [0.25, 0.3) is 0 Å². The topological polar surface area (TPSA) is 52.3 Å². The van der Waals surface area contributed by atoms with E-state index in [-0.39, 0.29) is 5.97 Å². The van der Waals surface area contributed by atoms with E-state index >= 15 is 0 Å². The molecule has 0 radical (unpaired) electrons. The summed E-state index contributed by atoms with van der Waals surface area (Å²) < 4.78 is 4.80. The van der Waals surface area contributed by atoms with E-state index in [1.165, 1.54) is 0 Å². The van der Waals surface area contributed by atoms with Gasteiger partial charge in [-0.05, 0) is 12.8 Å². The molecule has 3 nitrogen and oxygen atoms in total. The third-order valence-corrected chi connectivity index (χ3v) is 0.931. The lowest BCUT2D eigenvalue weighted by molar-refractivity contribution is -0.145. The quantitative estimate of drug-likeness (QED) is 0.720. The van der Waals surface area contributed by atoms with Crippen LogP contribution in [0.2, 0.25) is 0 Å². The summed E-state index contributed by atoms with van der Waals surface area (Å²) >= 11 is 0. The zero-order valence-corrected chi connectivity index (χ0v) is 10.8. The minimum absolute atomic E-state index is 0.325. The van der Waals surface area contributed by atoms with Crippen molar-refractivity contribution in [2.75, 3.05) is 6.61 Å². The van der Waals surface area contributed by atoms with Crippen LogP contribution in [0.1, 0.15) is 48.5 Å². The first kappa shape index (κ1) is 19.1. The van der Waals surface area contributed by atoms with E-state index in [4.69, 9.17) is 10.5 Å². The Morgan fingerprint density at radius 3 is 1.71 bits per heavy atom. The Kier molecular flexibility index (Phi) is 20.3. The molecule has 0 fully saturated rings. The average molecular weight is 205 g/mol. The van der Waals surface area contributed by atoms with Gasteiger partial charge in [0.2, 0.25) is 0 Å². The fraction of sp³-hybridized carbons (Fsp3) is 0.909. The van der Waals surface area contributed by atoms with Gasteiger partial charge in [-0.1, -0.05) is 41.5 Å². The first-order chi connectivity index (χ1) is 6.54. The fourth-order valence-corrected chi connectivity index (χ4v) is 0.380. The van der Waals surface area contributed by atoms with Crippen LogP contribution < -0.4 is 5.73 Å². The second-order valence-corrected chi connectivity index (χ2v) is 2.81. The smallest absolute Gasteiger partial charge is 0.322 e. The Bertz CT molecular complexity index is 112. The molecule has 0 aromatic carbocycles. The van der Waals surface area contributed by atoms with Crippen LogP contribution in [0, 0.1) is 5.92 Å². The van der Waals surface area contributed by atoms with Gasteiger partial charge in [0.1, 0.15) is 6.04 Å². The lowest BCUT2D eigenvalue weighted by Gasteiger charge is -2.08. The molecule has 3 heteroatoms. The van der Waals surface area contributed by atoms with Crippen molar-refractivity contribution < 1.29 is 9.53 Å². The Morgan fingerprint density at radius 1 is 1.14 bits per heavy atom. The molecule has 1 unspecified atom stereocenters. The predicted octanol–water partition coefficient (Wildman–Crippen LogP) is 2.59. The van der Waals surface area contributed by atoms with Gasteiger partial charge in [0.05, 0.1) is 6.61 Å². The number of nitrogens with two attached hydrogens (primary N) is 1. The van der Waals surface area contributed by atoms with Crippen LogP contribution in [-0.4, -0.2) is 18.6 Å². The lowest BCUT2D eigenvalue weighted by atomic mass is 10.2. The molecule has 1 atom stereocenters. The highest BCUT2D eigenvalue weighted by molar-refractivity contribution is 5.74. The number of carbonyl (C=O) groups excluding carboxylic acids is 1. The molecule has 2 N–H and O–H groups in total. The number of rotatable bonds is 3. The van der Waals surface area contributed by atoms with E-state index in [1.807, 2.05) is 41.5 Å². The van der Waals surface area contributed by atoms with Crippen molar-refractivity contribution in [3.63, 3.8) is 0 Å². The predicted molar refractivity (Wildman–Crippen MR) is 62.1 cm³/mol. The summed E-state index contributed by atoms with van der Waals surface area (Å²) in [6.45, 7) is 14.0. The minimum atomic E-state index is -0.501. The summed E-state index contributed by atoms with van der Waals surface area (Å²) in [4.78, 5) is 10.7. The molecule has 88 valence electrons. The monoisotopic (exact) mass is 205 g/mol. The van der Waals surface area contributed by atoms with Crippen molar-refractivity contribution in [3.8, 4) is 0 Å². The van der Waals surface area contributed by atoms with Crippen LogP contribution >= 0.6 is 0 Å². The highest BCUT2D eigenvalue weighted by Crippen LogP contribution is 1.93. The van der Waals surface area contributed by atoms with Crippen molar-refractivity contribution in [2.45, 2.75) is 54.5 Å². The molecule has 0 spiro atoms. The van der Waals surface area contributed by atoms with Crippen molar-refractivity contribution in [1.29, 1.82) is 0 Å². The second kappa shape index (κ2) is 14.9. The lowest BCUT2D eigenvalue weighted by Crippen LogP contribution is -2.29. The van der Waals surface area contributed by atoms with Gasteiger partial charge in [-0.3, -0.25) is 4.79 Å². The van der Waals surface area contributed by atoms with E-state index in [9.17, 15) is 4.79 Å². The van der Waals surface area contributed by atoms with Gasteiger partial charge in [0.15, 0.2) is 0 Å². The van der Waals surface area contributed by atoms with Crippen LogP contribution in [0.5, 0.6) is 0 Å². The third kappa shape index (κ3) is 17.5. The summed E-state index contributed by atoms with van der Waals surface area (Å²) in [6, 6.07) is -0.501. The number of esters is 1. The molecule has 0 heterocycles. The third-order valence-electron chi connectivity index (χ3n) is 0.931. The molecule has 0 aliphatic rings. The average Bonchev–Trinajstić information content (AvgIpc) is 2.20. The molecule has 0 aromatic heterocycles. The summed E-state index contributed by atoms with van der Waals surface area (Å²) in [5.41, 5.74) is 5.25. The molecule has 14 heavy (non-hydrogen) atoms. The number of ether oxygens (including phenoxy) is 1. The molecule has 0 saturated carbocycles. The highest BCUT2D eigenvalue weighted by atomic mass is 16.5. The van der Waals surface area contributed by atoms with Crippen LogP contribution in [0.25, 0.3) is 0 Å². The Morgan fingerprint density at radius 2 is 1.50 bits per heavy atom. The highest BCUT2D eigenvalue weighted by Gasteiger charge is 2.08. The van der Waals surface area contributed by atoms with Gasteiger partial charge in [-0.25, -0.2) is 0 Å². The maximum Gasteiger partial charge on any atom is 0.322 e. The van der Waals surface area contributed by atoms with Gasteiger partial charge in [-0.15, -0.1) is 0 Å². The second-order valence-electron chi connectivity index (χ2n) is 2.81. The van der Waals surface area contributed by atoms with E-state index < -0.39 is 6.04 Å². The largest absolute Gasteiger partial charge is 0.464 e. The minimum Gasteiger partial charge on any atom is -0.464 e. The maximum atomic E-state index is 10.7. The van der Waals surface area contributed by atoms with Crippen LogP contribution in [0.15, 0.2) is 0 Å². The zero-order valence-electron chi connectivity index (χ0n) is 10.8. The summed E-state index contributed by atoms with van der Waals surface area (Å²) in [5.74, 6) is 0.0522. The zero-order chi connectivity index (χ0) is 12.1. The summed E-state index contributed by atoms with van der Waals surface area (Å²) in [5, 5.41) is 0. The number of carbonyl (C=O) groups is 1. The van der Waals surface area contributed by atoms with E-state index in [1.54, 1.807) is 6.92 Å². The van der Waals surface area contributed by atoms with E-state index in [0.29, 0.717) is 12.5 Å². The number of hydrogen-bond acceptors (Lipinski definition) is 3. The first-order valence-corrected chi connectivity index (χ1v) is 5.46. The Hall–Kier alpha value is -0.570. The van der Waals surface area contributed by atoms with Gasteiger partial charge < -0.3 is 10.5 Å². The van der Waals surface area contributed by atoms with Crippen molar-refractivity contribution in [3.05, 3.63) is 0 Å². The van der Waals surface area contributed by atoms with E-state index in [2.05, 4.69) is 0 Å². The van der Waals surface area contributed by atoms with Gasteiger partial charge >= 0.3 is 5.97 Å². The normalized spacial score (nSPS) is 10.4. The molecule has 0 aliphatic carbocycles. The molecular formula is C11H27NO2. The maximum absolute atomic E-state index is 10.7. The van der Waals surface area contributed by atoms with Crippen LogP contribution in [0.4, 0.5) is 0 Å². The summed E-state index contributed by atoms with van der Waals surface area (Å²) in [7, 11) is 0. The first-order valence-electron chi connectivity index (χ1n) is 5.46.